The van der Waals surface area contributed by atoms with Crippen molar-refractivity contribution in [1.29, 1.82) is 5.26 Å². The number of rotatable bonds is 5. The van der Waals surface area contributed by atoms with E-state index in [1.807, 2.05) is 7.05 Å². The Morgan fingerprint density at radius 1 is 1.46 bits per heavy atom. The van der Waals surface area contributed by atoms with Crippen molar-refractivity contribution in [2.24, 2.45) is 0 Å². The van der Waals surface area contributed by atoms with Crippen LogP contribution in [0.3, 0.4) is 0 Å². The van der Waals surface area contributed by atoms with Crippen molar-refractivity contribution in [3.8, 4) is 6.07 Å². The van der Waals surface area contributed by atoms with Crippen LogP contribution in [-0.4, -0.2) is 38.9 Å². The van der Waals surface area contributed by atoms with Gasteiger partial charge in [0, 0.05) is 30.9 Å². The largest absolute Gasteiger partial charge is 0.459 e. The second-order valence-corrected chi connectivity index (χ2v) is 7.21. The molecule has 1 aliphatic rings. The van der Waals surface area contributed by atoms with Crippen LogP contribution in [0.5, 0.6) is 0 Å². The van der Waals surface area contributed by atoms with Gasteiger partial charge in [0.05, 0.1) is 6.61 Å². The third-order valence-electron chi connectivity index (χ3n) is 4.91. The van der Waals surface area contributed by atoms with Gasteiger partial charge in [0.2, 0.25) is 0 Å². The molecule has 6 heteroatoms. The molecule has 0 spiro atoms. The SMILES string of the molecule is COCCOC(=O)/C(C#N)=C\c1cc2c(cc1F)N(C)C(C)(C)CC2C. The Morgan fingerprint density at radius 3 is 2.77 bits per heavy atom. The number of nitriles is 1. The lowest BCUT2D eigenvalue weighted by Gasteiger charge is -2.45. The number of halogens is 1. The molecule has 1 unspecified atom stereocenters. The van der Waals surface area contributed by atoms with Crippen LogP contribution in [-0.2, 0) is 14.3 Å². The van der Waals surface area contributed by atoms with Gasteiger partial charge in [-0.3, -0.25) is 0 Å². The smallest absolute Gasteiger partial charge is 0.348 e. The number of hydrogen-bond acceptors (Lipinski definition) is 5. The van der Waals surface area contributed by atoms with E-state index < -0.39 is 11.8 Å². The van der Waals surface area contributed by atoms with Crippen molar-refractivity contribution < 1.29 is 18.7 Å². The molecule has 0 radical (unpaired) electrons. The van der Waals surface area contributed by atoms with Crippen LogP contribution in [0.25, 0.3) is 6.08 Å². The first-order chi connectivity index (χ1) is 12.2. The highest BCUT2D eigenvalue weighted by Crippen LogP contribution is 2.43. The standard InChI is InChI=1S/C20H25FN2O3/c1-13-11-20(2,3)23(4)18-10-17(21)14(9-16(13)18)8-15(12-22)19(24)26-7-6-25-5/h8-10,13H,6-7,11H2,1-5H3/b15-8-. The first-order valence-corrected chi connectivity index (χ1v) is 8.56. The fourth-order valence-electron chi connectivity index (χ4n) is 3.30. The van der Waals surface area contributed by atoms with Crippen LogP contribution < -0.4 is 4.90 Å². The Kier molecular flexibility index (Phi) is 6.04. The molecular weight excluding hydrogens is 335 g/mol. The molecule has 26 heavy (non-hydrogen) atoms. The van der Waals surface area contributed by atoms with Gasteiger partial charge >= 0.3 is 5.97 Å². The van der Waals surface area contributed by atoms with E-state index in [1.54, 1.807) is 12.1 Å². The highest BCUT2D eigenvalue weighted by Gasteiger charge is 2.34. The van der Waals surface area contributed by atoms with Crippen LogP contribution in [0, 0.1) is 17.1 Å². The summed E-state index contributed by atoms with van der Waals surface area (Å²) in [6.07, 6.45) is 2.17. The zero-order valence-corrected chi connectivity index (χ0v) is 15.9. The normalized spacial score (nSPS) is 18.9. The number of carbonyl (C=O) groups excluding carboxylic acids is 1. The van der Waals surface area contributed by atoms with E-state index in [2.05, 4.69) is 25.7 Å². The Hall–Kier alpha value is -2.39. The number of anilines is 1. The molecular formula is C20H25FN2O3. The molecule has 5 nitrogen and oxygen atoms in total. The number of methoxy groups -OCH3 is 1. The van der Waals surface area contributed by atoms with Gasteiger partial charge in [-0.2, -0.15) is 5.26 Å². The van der Waals surface area contributed by atoms with Crippen molar-refractivity contribution in [2.75, 3.05) is 32.3 Å². The van der Waals surface area contributed by atoms with Crippen LogP contribution >= 0.6 is 0 Å². The van der Waals surface area contributed by atoms with E-state index in [0.29, 0.717) is 0 Å². The van der Waals surface area contributed by atoms with E-state index in [-0.39, 0.29) is 35.8 Å². The second-order valence-electron chi connectivity index (χ2n) is 7.21. The monoisotopic (exact) mass is 360 g/mol. The molecule has 2 rings (SSSR count). The first-order valence-electron chi connectivity index (χ1n) is 8.56. The molecule has 0 aliphatic carbocycles. The van der Waals surface area contributed by atoms with Gasteiger partial charge in [-0.1, -0.05) is 6.92 Å². The molecule has 0 saturated heterocycles. The van der Waals surface area contributed by atoms with Crippen molar-refractivity contribution in [3.63, 3.8) is 0 Å². The predicted octanol–water partition coefficient (Wildman–Crippen LogP) is 3.64. The van der Waals surface area contributed by atoms with E-state index >= 15 is 0 Å². The van der Waals surface area contributed by atoms with Crippen LogP contribution in [0.1, 0.15) is 44.2 Å². The first kappa shape index (κ1) is 19.9. The van der Waals surface area contributed by atoms with Gasteiger partial charge < -0.3 is 14.4 Å². The van der Waals surface area contributed by atoms with Crippen molar-refractivity contribution >= 4 is 17.7 Å². The molecule has 140 valence electrons. The fraction of sp³-hybridized carbons (Fsp3) is 0.500. The molecule has 0 bridgehead atoms. The highest BCUT2D eigenvalue weighted by molar-refractivity contribution is 5.98. The van der Waals surface area contributed by atoms with Crippen LogP contribution in [0.15, 0.2) is 17.7 Å². The van der Waals surface area contributed by atoms with Crippen LogP contribution in [0.2, 0.25) is 0 Å². The molecule has 0 saturated carbocycles. The maximum absolute atomic E-state index is 14.6. The number of esters is 1. The number of ether oxygens (including phenoxy) is 2. The van der Waals surface area contributed by atoms with Gasteiger partial charge in [-0.05, 0) is 50.0 Å². The zero-order chi connectivity index (χ0) is 19.5. The summed E-state index contributed by atoms with van der Waals surface area (Å²) in [6.45, 7) is 6.63. The minimum Gasteiger partial charge on any atom is -0.459 e. The number of hydrogen-bond donors (Lipinski definition) is 0. The maximum Gasteiger partial charge on any atom is 0.348 e. The molecule has 0 fully saturated rings. The molecule has 0 N–H and O–H groups in total. The average Bonchev–Trinajstić information content (AvgIpc) is 2.58. The molecule has 1 heterocycles. The topological polar surface area (TPSA) is 62.6 Å². The third-order valence-corrected chi connectivity index (χ3v) is 4.91. The highest BCUT2D eigenvalue weighted by atomic mass is 19.1. The minimum absolute atomic E-state index is 0.0396. The number of carbonyl (C=O) groups is 1. The second kappa shape index (κ2) is 7.88. The lowest BCUT2D eigenvalue weighted by molar-refractivity contribution is -0.139. The Bertz CT molecular complexity index is 765. The summed E-state index contributed by atoms with van der Waals surface area (Å²) in [5, 5.41) is 9.23. The Morgan fingerprint density at radius 2 is 2.15 bits per heavy atom. The van der Waals surface area contributed by atoms with Gasteiger partial charge in [-0.15, -0.1) is 0 Å². The number of benzene rings is 1. The fourth-order valence-corrected chi connectivity index (χ4v) is 3.30. The van der Waals surface area contributed by atoms with Gasteiger partial charge in [0.25, 0.3) is 0 Å². The van der Waals surface area contributed by atoms with Crippen LogP contribution in [0.4, 0.5) is 10.1 Å². The molecule has 1 atom stereocenters. The van der Waals surface area contributed by atoms with E-state index in [9.17, 15) is 14.4 Å². The molecule has 0 amide bonds. The summed E-state index contributed by atoms with van der Waals surface area (Å²) in [6, 6.07) is 4.99. The lowest BCUT2D eigenvalue weighted by atomic mass is 9.80. The summed E-state index contributed by atoms with van der Waals surface area (Å²) in [4.78, 5) is 14.0. The summed E-state index contributed by atoms with van der Waals surface area (Å²) in [5.74, 6) is -1.02. The van der Waals surface area contributed by atoms with E-state index in [4.69, 9.17) is 9.47 Å². The quantitative estimate of drug-likeness (QED) is 0.347. The molecule has 1 aliphatic heterocycles. The summed E-state index contributed by atoms with van der Waals surface area (Å²) < 4.78 is 24.4. The van der Waals surface area contributed by atoms with Gasteiger partial charge in [0.15, 0.2) is 0 Å². The van der Waals surface area contributed by atoms with Gasteiger partial charge in [-0.25, -0.2) is 9.18 Å². The summed E-state index contributed by atoms with van der Waals surface area (Å²) in [5.41, 5.74) is 1.74. The molecule has 1 aromatic rings. The van der Waals surface area contributed by atoms with E-state index in [1.165, 1.54) is 19.3 Å². The summed E-state index contributed by atoms with van der Waals surface area (Å²) in [7, 11) is 3.43. The minimum atomic E-state index is -0.784. The van der Waals surface area contributed by atoms with Crippen molar-refractivity contribution in [1.82, 2.24) is 0 Å². The molecule has 1 aromatic carbocycles. The Labute approximate surface area is 154 Å². The number of fused-ring (bicyclic) bond motifs is 1. The molecule has 0 aromatic heterocycles. The Balaban J connectivity index is 2.38. The third kappa shape index (κ3) is 4.05. The summed E-state index contributed by atoms with van der Waals surface area (Å²) >= 11 is 0. The van der Waals surface area contributed by atoms with Gasteiger partial charge in [0.1, 0.15) is 24.1 Å². The van der Waals surface area contributed by atoms with Crippen molar-refractivity contribution in [3.05, 3.63) is 34.6 Å². The average molecular weight is 360 g/mol. The van der Waals surface area contributed by atoms with E-state index in [0.717, 1.165) is 17.7 Å². The van der Waals surface area contributed by atoms with Crippen molar-refractivity contribution in [2.45, 2.75) is 38.6 Å². The maximum atomic E-state index is 14.6. The lowest BCUT2D eigenvalue weighted by Crippen LogP contribution is -2.45. The zero-order valence-electron chi connectivity index (χ0n) is 15.9. The number of nitrogens with zero attached hydrogens (tertiary/aromatic N) is 2. The predicted molar refractivity (Wildman–Crippen MR) is 98.3 cm³/mol.